The van der Waals surface area contributed by atoms with Gasteiger partial charge >= 0.3 is 0 Å². The number of thiocarbonyl (C=S) groups is 1. The van der Waals surface area contributed by atoms with Gasteiger partial charge in [-0.25, -0.2) is 8.78 Å². The second-order valence-electron chi connectivity index (χ2n) is 10.8. The highest BCUT2D eigenvalue weighted by atomic mass is 32.1. The summed E-state index contributed by atoms with van der Waals surface area (Å²) in [5.41, 5.74) is 7.10. The molecule has 2 atom stereocenters. The van der Waals surface area contributed by atoms with E-state index in [2.05, 4.69) is 29.6 Å². The van der Waals surface area contributed by atoms with Crippen LogP contribution in [0.4, 0.5) is 8.78 Å². The lowest BCUT2D eigenvalue weighted by molar-refractivity contribution is -0.131. The molecule has 0 aromatic heterocycles. The molecule has 5 aliphatic rings. The first kappa shape index (κ1) is 20.8. The molecule has 5 saturated carbocycles. The third-order valence-electron chi connectivity index (χ3n) is 9.05. The first-order valence-corrected chi connectivity index (χ1v) is 12.2. The molecule has 5 aliphatic carbocycles. The molecule has 5 heteroatoms. The zero-order chi connectivity index (χ0) is 20.9. The molecule has 6 rings (SSSR count). The number of hydrogen-bond acceptors (Lipinski definition) is 2. The van der Waals surface area contributed by atoms with E-state index in [-0.39, 0.29) is 22.7 Å². The summed E-state index contributed by atoms with van der Waals surface area (Å²) in [7, 11) is 0. The van der Waals surface area contributed by atoms with Gasteiger partial charge in [-0.15, -0.1) is 0 Å². The number of hydrogen-bond donors (Lipinski definition) is 2. The predicted octanol–water partition coefficient (Wildman–Crippen LogP) is 5.45. The van der Waals surface area contributed by atoms with Gasteiger partial charge in [-0.2, -0.15) is 0 Å². The minimum absolute atomic E-state index is 0.0153. The monoisotopic (exact) mass is 432 g/mol. The lowest BCUT2D eigenvalue weighted by Crippen LogP contribution is -2.63. The number of alkyl halides is 2. The summed E-state index contributed by atoms with van der Waals surface area (Å²) in [5, 5.41) is 3.74. The maximum atomic E-state index is 14.0. The normalized spacial score (nSPS) is 42.5. The summed E-state index contributed by atoms with van der Waals surface area (Å²) >= 11 is 6.06. The van der Waals surface area contributed by atoms with Gasteiger partial charge < -0.3 is 11.1 Å². The van der Waals surface area contributed by atoms with Crippen LogP contribution >= 0.6 is 12.2 Å². The lowest BCUT2D eigenvalue weighted by Gasteiger charge is -2.65. The van der Waals surface area contributed by atoms with E-state index < -0.39 is 12.3 Å². The largest absolute Gasteiger partial charge is 0.376 e. The van der Waals surface area contributed by atoms with E-state index in [4.69, 9.17) is 18.0 Å². The standard InChI is InChI=1S/C25H34F2N2S/c26-22(27)21-17-10-24(19-4-2-1-3-5-19)11-18(21)13-25(12-17,15-24)23(30)29-20-8-6-16(14-28)7-9-20/h1-5,16-18,20-22H,6-15,28H2,(H,29,30)/t16-,17?,18?,20-,21?,24?,25?. The van der Waals surface area contributed by atoms with Crippen LogP contribution in [0.15, 0.2) is 30.3 Å². The SMILES string of the molecule is NC[C@H]1CC[C@H](NC(=S)C23CC4CC(c5ccccc5)(CC(C2)C4C(F)F)C3)CC1. The predicted molar refractivity (Wildman–Crippen MR) is 121 cm³/mol. The average Bonchev–Trinajstić information content (AvgIpc) is 2.74. The molecule has 3 N–H and O–H groups in total. The molecule has 2 unspecified atom stereocenters. The summed E-state index contributed by atoms with van der Waals surface area (Å²) in [4.78, 5) is 0.973. The second-order valence-corrected chi connectivity index (χ2v) is 11.2. The third-order valence-corrected chi connectivity index (χ3v) is 9.60. The van der Waals surface area contributed by atoms with Gasteiger partial charge in [0, 0.05) is 17.4 Å². The van der Waals surface area contributed by atoms with E-state index in [1.54, 1.807) is 0 Å². The topological polar surface area (TPSA) is 38.0 Å². The molecule has 1 aromatic rings. The Hall–Kier alpha value is -1.07. The fourth-order valence-electron chi connectivity index (χ4n) is 7.87. The van der Waals surface area contributed by atoms with Gasteiger partial charge in [0.15, 0.2) is 0 Å². The first-order valence-electron chi connectivity index (χ1n) is 11.8. The van der Waals surface area contributed by atoms with Crippen LogP contribution in [-0.2, 0) is 5.41 Å². The second kappa shape index (κ2) is 7.81. The maximum absolute atomic E-state index is 14.0. The molecule has 0 spiro atoms. The maximum Gasteiger partial charge on any atom is 0.241 e. The Bertz CT molecular complexity index is 759. The molecule has 0 amide bonds. The Morgan fingerprint density at radius 3 is 2.23 bits per heavy atom. The van der Waals surface area contributed by atoms with Crippen molar-refractivity contribution in [2.24, 2.45) is 34.8 Å². The fraction of sp³-hybridized carbons (Fsp3) is 0.720. The Kier molecular flexibility index (Phi) is 5.42. The molecule has 0 aliphatic heterocycles. The van der Waals surface area contributed by atoms with Crippen LogP contribution < -0.4 is 11.1 Å². The summed E-state index contributed by atoms with van der Waals surface area (Å²) in [6, 6.07) is 11.1. The number of rotatable bonds is 5. The number of nitrogens with one attached hydrogen (secondary N) is 1. The summed E-state index contributed by atoms with van der Waals surface area (Å²) in [6.07, 6.45) is 6.86. The molecule has 0 saturated heterocycles. The van der Waals surface area contributed by atoms with Gasteiger partial charge in [0.25, 0.3) is 0 Å². The van der Waals surface area contributed by atoms with Crippen LogP contribution in [0.5, 0.6) is 0 Å². The number of nitrogens with two attached hydrogens (primary N) is 1. The van der Waals surface area contributed by atoms with Crippen LogP contribution in [0, 0.1) is 29.1 Å². The van der Waals surface area contributed by atoms with Crippen LogP contribution in [0.1, 0.15) is 63.4 Å². The van der Waals surface area contributed by atoms with Gasteiger partial charge in [0.05, 0.1) is 4.99 Å². The molecule has 30 heavy (non-hydrogen) atoms. The fourth-order valence-corrected chi connectivity index (χ4v) is 8.28. The molecule has 4 bridgehead atoms. The molecule has 2 nitrogen and oxygen atoms in total. The van der Waals surface area contributed by atoms with Crippen molar-refractivity contribution in [3.63, 3.8) is 0 Å². The van der Waals surface area contributed by atoms with E-state index in [0.717, 1.165) is 69.3 Å². The number of benzene rings is 1. The zero-order valence-electron chi connectivity index (χ0n) is 17.7. The van der Waals surface area contributed by atoms with Crippen molar-refractivity contribution in [3.8, 4) is 0 Å². The van der Waals surface area contributed by atoms with Gasteiger partial charge in [-0.05, 0) is 93.1 Å². The van der Waals surface area contributed by atoms with E-state index in [1.807, 2.05) is 6.07 Å². The summed E-state index contributed by atoms with van der Waals surface area (Å²) < 4.78 is 28.0. The van der Waals surface area contributed by atoms with E-state index in [1.165, 1.54) is 5.56 Å². The first-order chi connectivity index (χ1) is 14.4. The molecule has 1 aromatic carbocycles. The van der Waals surface area contributed by atoms with E-state index in [0.29, 0.717) is 12.0 Å². The Labute approximate surface area is 184 Å². The van der Waals surface area contributed by atoms with Crippen molar-refractivity contribution in [3.05, 3.63) is 35.9 Å². The van der Waals surface area contributed by atoms with E-state index in [9.17, 15) is 8.78 Å². The molecule has 5 fully saturated rings. The minimum Gasteiger partial charge on any atom is -0.376 e. The van der Waals surface area contributed by atoms with Crippen molar-refractivity contribution in [2.45, 2.75) is 75.7 Å². The van der Waals surface area contributed by atoms with Crippen LogP contribution in [0.25, 0.3) is 0 Å². The third kappa shape index (κ3) is 3.40. The van der Waals surface area contributed by atoms with E-state index >= 15 is 0 Å². The summed E-state index contributed by atoms with van der Waals surface area (Å²) in [6.45, 7) is 0.777. The lowest BCUT2D eigenvalue weighted by atomic mass is 9.40. The van der Waals surface area contributed by atoms with Gasteiger partial charge in [0.1, 0.15) is 0 Å². The molecular weight excluding hydrogens is 398 g/mol. The van der Waals surface area contributed by atoms with Crippen LogP contribution in [0.2, 0.25) is 0 Å². The Balaban J connectivity index is 1.40. The highest BCUT2D eigenvalue weighted by Crippen LogP contribution is 2.68. The van der Waals surface area contributed by atoms with Crippen molar-refractivity contribution in [2.75, 3.05) is 6.54 Å². The smallest absolute Gasteiger partial charge is 0.241 e. The molecule has 164 valence electrons. The Morgan fingerprint density at radius 1 is 1.03 bits per heavy atom. The van der Waals surface area contributed by atoms with Crippen molar-refractivity contribution < 1.29 is 8.78 Å². The number of halogens is 2. The minimum atomic E-state index is -2.21. The van der Waals surface area contributed by atoms with Crippen LogP contribution in [-0.4, -0.2) is 24.0 Å². The highest BCUT2D eigenvalue weighted by Gasteiger charge is 2.64. The highest BCUT2D eigenvalue weighted by molar-refractivity contribution is 7.80. The van der Waals surface area contributed by atoms with Gasteiger partial charge in [-0.1, -0.05) is 42.5 Å². The Morgan fingerprint density at radius 2 is 1.67 bits per heavy atom. The summed E-state index contributed by atoms with van der Waals surface area (Å²) in [5.74, 6) is 0.362. The average molecular weight is 433 g/mol. The molecule has 0 heterocycles. The van der Waals surface area contributed by atoms with Crippen molar-refractivity contribution in [1.29, 1.82) is 0 Å². The van der Waals surface area contributed by atoms with Crippen molar-refractivity contribution in [1.82, 2.24) is 5.32 Å². The van der Waals surface area contributed by atoms with Gasteiger partial charge in [-0.3, -0.25) is 0 Å². The molecular formula is C25H34F2N2S. The van der Waals surface area contributed by atoms with Crippen LogP contribution in [0.3, 0.4) is 0 Å². The quantitative estimate of drug-likeness (QED) is 0.608. The van der Waals surface area contributed by atoms with Crippen molar-refractivity contribution >= 4 is 17.2 Å². The molecule has 0 radical (unpaired) electrons. The van der Waals surface area contributed by atoms with Gasteiger partial charge in [0.2, 0.25) is 6.43 Å². The zero-order valence-corrected chi connectivity index (χ0v) is 18.5.